The lowest BCUT2D eigenvalue weighted by atomic mass is 9.96. The topological polar surface area (TPSA) is 62.7 Å². The number of aromatic nitrogens is 1. The van der Waals surface area contributed by atoms with E-state index in [0.717, 1.165) is 22.7 Å². The van der Waals surface area contributed by atoms with Crippen molar-refractivity contribution in [2.24, 2.45) is 0 Å². The molecule has 1 aliphatic rings. The van der Waals surface area contributed by atoms with E-state index in [1.807, 2.05) is 37.8 Å². The Morgan fingerprint density at radius 3 is 2.81 bits per heavy atom. The van der Waals surface area contributed by atoms with Crippen molar-refractivity contribution in [3.8, 4) is 5.75 Å². The van der Waals surface area contributed by atoms with Crippen molar-refractivity contribution in [2.45, 2.75) is 45.6 Å². The van der Waals surface area contributed by atoms with Gasteiger partial charge in [-0.3, -0.25) is 4.79 Å². The molecule has 2 aromatic rings. The Balaban J connectivity index is 1.64. The molecule has 0 spiro atoms. The number of nitrogens with zero attached hydrogens (tertiary/aromatic N) is 2. The first-order valence-corrected chi connectivity index (χ1v) is 10.3. The Bertz CT molecular complexity index is 839. The van der Waals surface area contributed by atoms with Crippen LogP contribution in [0.15, 0.2) is 18.2 Å². The fourth-order valence-corrected chi connectivity index (χ4v) is 4.39. The summed E-state index contributed by atoms with van der Waals surface area (Å²) in [4.78, 5) is 19.7. The molecule has 27 heavy (non-hydrogen) atoms. The number of rotatable bonds is 4. The summed E-state index contributed by atoms with van der Waals surface area (Å²) >= 11 is 7.61. The minimum Gasteiger partial charge on any atom is -0.489 e. The number of carbonyl (C=O) groups is 1. The Labute approximate surface area is 168 Å². The normalized spacial score (nSPS) is 20.4. The van der Waals surface area contributed by atoms with Crippen molar-refractivity contribution >= 4 is 28.8 Å². The van der Waals surface area contributed by atoms with Gasteiger partial charge in [-0.15, -0.1) is 11.3 Å². The largest absolute Gasteiger partial charge is 0.489 e. The zero-order valence-corrected chi connectivity index (χ0v) is 17.5. The number of halogens is 1. The van der Waals surface area contributed by atoms with Crippen LogP contribution in [0.1, 0.15) is 45.2 Å². The van der Waals surface area contributed by atoms with Gasteiger partial charge in [0.1, 0.15) is 22.8 Å². The minimum atomic E-state index is -0.971. The first-order valence-electron chi connectivity index (χ1n) is 9.12. The highest BCUT2D eigenvalue weighted by Gasteiger charge is 2.33. The van der Waals surface area contributed by atoms with Crippen LogP contribution in [0.25, 0.3) is 0 Å². The fraction of sp³-hybridized carbons (Fsp3) is 0.500. The number of benzene rings is 1. The molecule has 0 radical (unpaired) electrons. The van der Waals surface area contributed by atoms with E-state index in [1.165, 1.54) is 11.3 Å². The third-order valence-corrected chi connectivity index (χ3v) is 6.26. The average Bonchev–Trinajstić information content (AvgIpc) is 2.84. The highest BCUT2D eigenvalue weighted by molar-refractivity contribution is 7.13. The number of amides is 1. The van der Waals surface area contributed by atoms with Gasteiger partial charge in [-0.05, 0) is 57.7 Å². The van der Waals surface area contributed by atoms with E-state index >= 15 is 0 Å². The van der Waals surface area contributed by atoms with Gasteiger partial charge in [0.2, 0.25) is 0 Å². The van der Waals surface area contributed by atoms with Crippen LogP contribution in [0, 0.1) is 20.8 Å². The van der Waals surface area contributed by atoms with Crippen LogP contribution >= 0.6 is 22.9 Å². The lowest BCUT2D eigenvalue weighted by Crippen LogP contribution is -2.38. The Morgan fingerprint density at radius 1 is 1.33 bits per heavy atom. The highest BCUT2D eigenvalue weighted by Crippen LogP contribution is 2.29. The second kappa shape index (κ2) is 8.17. The van der Waals surface area contributed by atoms with Gasteiger partial charge in [0, 0.05) is 13.1 Å². The maximum atomic E-state index is 12.8. The molecule has 0 saturated carbocycles. The maximum absolute atomic E-state index is 12.8. The molecule has 1 fully saturated rings. The third kappa shape index (κ3) is 4.81. The molecule has 1 amide bonds. The Kier molecular flexibility index (Phi) is 6.08. The summed E-state index contributed by atoms with van der Waals surface area (Å²) in [6, 6.07) is 5.58. The fourth-order valence-electron chi connectivity index (χ4n) is 3.33. The molecule has 1 N–H and O–H groups in total. The third-order valence-electron chi connectivity index (χ3n) is 4.89. The van der Waals surface area contributed by atoms with E-state index in [-0.39, 0.29) is 12.5 Å². The molecule has 0 bridgehead atoms. The number of aryl methyl sites for hydroxylation is 3. The van der Waals surface area contributed by atoms with Gasteiger partial charge in [-0.25, -0.2) is 4.98 Å². The van der Waals surface area contributed by atoms with Crippen LogP contribution in [0.2, 0.25) is 5.02 Å². The van der Waals surface area contributed by atoms with E-state index in [4.69, 9.17) is 16.3 Å². The van der Waals surface area contributed by atoms with Crippen LogP contribution in [-0.2, 0) is 0 Å². The molecule has 2 heterocycles. The molecule has 1 aromatic carbocycles. The minimum absolute atomic E-state index is 0.00463. The summed E-state index contributed by atoms with van der Waals surface area (Å²) in [6.45, 7) is 7.03. The predicted octanol–water partition coefficient (Wildman–Crippen LogP) is 4.16. The number of likely N-dealkylation sites (tertiary alicyclic amines) is 1. The van der Waals surface area contributed by atoms with E-state index < -0.39 is 5.60 Å². The van der Waals surface area contributed by atoms with E-state index in [1.54, 1.807) is 6.07 Å². The highest BCUT2D eigenvalue weighted by atomic mass is 35.5. The van der Waals surface area contributed by atoms with Gasteiger partial charge >= 0.3 is 0 Å². The number of aliphatic hydroxyl groups is 1. The standard InChI is InChI=1S/C20H25ClN2O3S/c1-13-5-6-16(21)17(11-13)26-12-20(25)7-4-9-23(10-8-20)19(24)18-14(2)22-15(3)27-18/h5-6,11,25H,4,7-10,12H2,1-3H3. The number of ether oxygens (including phenoxy) is 1. The van der Waals surface area contributed by atoms with Gasteiger partial charge in [-0.1, -0.05) is 17.7 Å². The molecular formula is C20H25ClN2O3S. The molecule has 0 aliphatic carbocycles. The van der Waals surface area contributed by atoms with Crippen LogP contribution in [0.3, 0.4) is 0 Å². The van der Waals surface area contributed by atoms with E-state index in [2.05, 4.69) is 4.98 Å². The summed E-state index contributed by atoms with van der Waals surface area (Å²) in [5, 5.41) is 12.4. The zero-order valence-electron chi connectivity index (χ0n) is 15.9. The molecule has 1 saturated heterocycles. The SMILES string of the molecule is Cc1ccc(Cl)c(OCC2(O)CCCN(C(=O)c3sc(C)nc3C)CC2)c1. The molecule has 1 atom stereocenters. The summed E-state index contributed by atoms with van der Waals surface area (Å²) in [7, 11) is 0. The van der Waals surface area contributed by atoms with Gasteiger partial charge in [0.05, 0.1) is 15.7 Å². The molecular weight excluding hydrogens is 384 g/mol. The molecule has 146 valence electrons. The van der Waals surface area contributed by atoms with E-state index in [0.29, 0.717) is 41.6 Å². The second-order valence-corrected chi connectivity index (χ2v) is 8.85. The number of thiazole rings is 1. The van der Waals surface area contributed by atoms with E-state index in [9.17, 15) is 9.90 Å². The number of hydrogen-bond donors (Lipinski definition) is 1. The molecule has 5 nitrogen and oxygen atoms in total. The summed E-state index contributed by atoms with van der Waals surface area (Å²) in [5.74, 6) is 0.586. The van der Waals surface area contributed by atoms with Gasteiger partial charge < -0.3 is 14.7 Å². The summed E-state index contributed by atoms with van der Waals surface area (Å²) < 4.78 is 5.83. The van der Waals surface area contributed by atoms with Crippen molar-refractivity contribution in [1.82, 2.24) is 9.88 Å². The lowest BCUT2D eigenvalue weighted by molar-refractivity contribution is -0.0163. The van der Waals surface area contributed by atoms with Crippen LogP contribution < -0.4 is 4.74 Å². The van der Waals surface area contributed by atoms with Crippen molar-refractivity contribution < 1.29 is 14.6 Å². The van der Waals surface area contributed by atoms with Crippen LogP contribution in [0.5, 0.6) is 5.75 Å². The molecule has 3 rings (SSSR count). The number of carbonyl (C=O) groups excluding carboxylic acids is 1. The average molecular weight is 409 g/mol. The first kappa shape index (κ1) is 20.1. The van der Waals surface area contributed by atoms with Crippen LogP contribution in [0.4, 0.5) is 0 Å². The molecule has 7 heteroatoms. The van der Waals surface area contributed by atoms with Crippen molar-refractivity contribution in [3.05, 3.63) is 44.4 Å². The van der Waals surface area contributed by atoms with Crippen molar-refractivity contribution in [2.75, 3.05) is 19.7 Å². The predicted molar refractivity (Wildman–Crippen MR) is 108 cm³/mol. The smallest absolute Gasteiger partial charge is 0.265 e. The quantitative estimate of drug-likeness (QED) is 0.825. The van der Waals surface area contributed by atoms with Gasteiger partial charge in [0.25, 0.3) is 5.91 Å². The lowest BCUT2D eigenvalue weighted by Gasteiger charge is -2.27. The first-order chi connectivity index (χ1) is 12.8. The molecule has 1 aliphatic heterocycles. The summed E-state index contributed by atoms with van der Waals surface area (Å²) in [5.41, 5.74) is 0.856. The van der Waals surface area contributed by atoms with Gasteiger partial charge in [0.15, 0.2) is 0 Å². The molecule has 1 aromatic heterocycles. The summed E-state index contributed by atoms with van der Waals surface area (Å²) in [6.07, 6.45) is 1.78. The van der Waals surface area contributed by atoms with Gasteiger partial charge in [-0.2, -0.15) is 0 Å². The maximum Gasteiger partial charge on any atom is 0.265 e. The van der Waals surface area contributed by atoms with Crippen molar-refractivity contribution in [1.29, 1.82) is 0 Å². The monoisotopic (exact) mass is 408 g/mol. The number of hydrogen-bond acceptors (Lipinski definition) is 5. The second-order valence-electron chi connectivity index (χ2n) is 7.24. The Hall–Kier alpha value is -1.63. The zero-order chi connectivity index (χ0) is 19.6. The Morgan fingerprint density at radius 2 is 2.11 bits per heavy atom. The van der Waals surface area contributed by atoms with Crippen LogP contribution in [-0.4, -0.2) is 46.2 Å². The van der Waals surface area contributed by atoms with Crippen molar-refractivity contribution in [3.63, 3.8) is 0 Å². The molecule has 1 unspecified atom stereocenters.